The number of likely N-dealkylation sites (N-methyl/N-ethyl adjacent to an activating group) is 1. The summed E-state index contributed by atoms with van der Waals surface area (Å²) in [6, 6.07) is 6.24. The van der Waals surface area contributed by atoms with Crippen LogP contribution in [0.4, 0.5) is 0 Å². The molecule has 9 nitrogen and oxygen atoms in total. The van der Waals surface area contributed by atoms with Gasteiger partial charge in [-0.15, -0.1) is 0 Å². The lowest BCUT2D eigenvalue weighted by molar-refractivity contribution is -0.150. The van der Waals surface area contributed by atoms with Crippen molar-refractivity contribution in [1.29, 1.82) is 0 Å². The van der Waals surface area contributed by atoms with E-state index in [2.05, 4.69) is 28.1 Å². The van der Waals surface area contributed by atoms with E-state index in [9.17, 15) is 19.2 Å². The standard InChI is InChI=1S/C25H35N5O4/c1-16(26-2)23(32)28-20-11-6-14-29(15-31)22-13-12-21(30(22)25(20)34)24(33)27-19-10-5-8-17-7-3-4-9-18(17)19/h3-4,7,9,15-16,19-22,26H,5-6,8,10-14H2,1-2H3,(H,27,33)(H,28,32)/t16-,19+,20-,21?,22?/m0/s1. The van der Waals surface area contributed by atoms with Gasteiger partial charge >= 0.3 is 0 Å². The molecule has 0 radical (unpaired) electrons. The van der Waals surface area contributed by atoms with Crippen molar-refractivity contribution in [1.82, 2.24) is 25.8 Å². The van der Waals surface area contributed by atoms with E-state index < -0.39 is 24.3 Å². The maximum Gasteiger partial charge on any atom is 0.247 e. The third kappa shape index (κ3) is 4.80. The molecule has 2 heterocycles. The number of hydrogen-bond acceptors (Lipinski definition) is 5. The predicted octanol–water partition coefficient (Wildman–Crippen LogP) is 0.842. The van der Waals surface area contributed by atoms with Gasteiger partial charge in [0, 0.05) is 6.54 Å². The maximum absolute atomic E-state index is 13.7. The second-order valence-electron chi connectivity index (χ2n) is 9.53. The number of benzene rings is 1. The van der Waals surface area contributed by atoms with Crippen molar-refractivity contribution in [3.05, 3.63) is 35.4 Å². The Kier molecular flexibility index (Phi) is 7.50. The van der Waals surface area contributed by atoms with Crippen LogP contribution in [0.3, 0.4) is 0 Å². The van der Waals surface area contributed by atoms with Gasteiger partial charge in [-0.1, -0.05) is 24.3 Å². The minimum Gasteiger partial charge on any atom is -0.347 e. The van der Waals surface area contributed by atoms with Crippen LogP contribution in [0.2, 0.25) is 0 Å². The van der Waals surface area contributed by atoms with Gasteiger partial charge in [-0.25, -0.2) is 0 Å². The molecule has 34 heavy (non-hydrogen) atoms. The van der Waals surface area contributed by atoms with E-state index >= 15 is 0 Å². The highest BCUT2D eigenvalue weighted by atomic mass is 16.2. The molecule has 0 bridgehead atoms. The van der Waals surface area contributed by atoms with Gasteiger partial charge < -0.3 is 25.8 Å². The molecule has 4 amide bonds. The summed E-state index contributed by atoms with van der Waals surface area (Å²) in [6.07, 6.45) is 5.18. The van der Waals surface area contributed by atoms with Crippen molar-refractivity contribution in [3.8, 4) is 0 Å². The highest BCUT2D eigenvalue weighted by Gasteiger charge is 2.47. The molecule has 3 aliphatic rings. The normalized spacial score (nSPS) is 27.6. The van der Waals surface area contributed by atoms with Crippen molar-refractivity contribution in [3.63, 3.8) is 0 Å². The van der Waals surface area contributed by atoms with E-state index in [0.717, 1.165) is 31.2 Å². The van der Waals surface area contributed by atoms with Gasteiger partial charge in [-0.2, -0.15) is 0 Å². The van der Waals surface area contributed by atoms with Crippen molar-refractivity contribution in [2.24, 2.45) is 0 Å². The number of carbonyl (C=O) groups is 4. The monoisotopic (exact) mass is 469 g/mol. The minimum atomic E-state index is -0.719. The SMILES string of the molecule is CN[C@@H](C)C(=O)N[C@H]1CCCN(C=O)C2CCC(C(=O)N[C@@H]3CCCc4ccccc43)N2C1=O. The summed E-state index contributed by atoms with van der Waals surface area (Å²) in [5.41, 5.74) is 2.38. The molecule has 0 saturated carbocycles. The van der Waals surface area contributed by atoms with Crippen LogP contribution in [0.5, 0.6) is 0 Å². The zero-order chi connectivity index (χ0) is 24.2. The minimum absolute atomic E-state index is 0.0875. The first kappa shape index (κ1) is 24.2. The Hall–Kier alpha value is -2.94. The van der Waals surface area contributed by atoms with Crippen LogP contribution in [0.15, 0.2) is 24.3 Å². The highest BCUT2D eigenvalue weighted by Crippen LogP contribution is 2.33. The second kappa shape index (κ2) is 10.5. The number of amides is 4. The van der Waals surface area contributed by atoms with Crippen molar-refractivity contribution in [2.45, 2.75) is 82.2 Å². The molecular weight excluding hydrogens is 434 g/mol. The average molecular weight is 470 g/mol. The molecule has 3 N–H and O–H groups in total. The van der Waals surface area contributed by atoms with Crippen LogP contribution in [0, 0.1) is 0 Å². The lowest BCUT2D eigenvalue weighted by Gasteiger charge is -2.40. The number of nitrogens with zero attached hydrogens (tertiary/aromatic N) is 2. The van der Waals surface area contributed by atoms with Gasteiger partial charge in [0.15, 0.2) is 0 Å². The first-order valence-electron chi connectivity index (χ1n) is 12.3. The van der Waals surface area contributed by atoms with Crippen LogP contribution < -0.4 is 16.0 Å². The third-order valence-corrected chi connectivity index (χ3v) is 7.47. The number of carbonyl (C=O) groups excluding carboxylic acids is 4. The molecule has 2 saturated heterocycles. The fourth-order valence-electron chi connectivity index (χ4n) is 5.46. The zero-order valence-corrected chi connectivity index (χ0v) is 20.0. The summed E-state index contributed by atoms with van der Waals surface area (Å²) in [6.45, 7) is 2.21. The van der Waals surface area contributed by atoms with Gasteiger partial charge in [0.25, 0.3) is 0 Å². The number of nitrogens with one attached hydrogen (secondary N) is 3. The molecule has 9 heteroatoms. The molecule has 2 fully saturated rings. The Morgan fingerprint density at radius 1 is 1.06 bits per heavy atom. The molecular formula is C25H35N5O4. The van der Waals surface area contributed by atoms with Crippen LogP contribution >= 0.6 is 0 Å². The first-order valence-corrected chi connectivity index (χ1v) is 12.3. The molecule has 0 spiro atoms. The molecule has 184 valence electrons. The van der Waals surface area contributed by atoms with E-state index in [-0.39, 0.29) is 23.8 Å². The van der Waals surface area contributed by atoms with Crippen molar-refractivity contribution < 1.29 is 19.2 Å². The maximum atomic E-state index is 13.7. The van der Waals surface area contributed by atoms with Crippen molar-refractivity contribution in [2.75, 3.05) is 13.6 Å². The summed E-state index contributed by atoms with van der Waals surface area (Å²) >= 11 is 0. The molecule has 1 aromatic carbocycles. The van der Waals surface area contributed by atoms with Crippen LogP contribution in [-0.4, -0.2) is 71.8 Å². The van der Waals surface area contributed by atoms with E-state index in [1.54, 1.807) is 23.8 Å². The smallest absolute Gasteiger partial charge is 0.247 e. The number of aryl methyl sites for hydroxylation is 1. The van der Waals surface area contributed by atoms with Crippen LogP contribution in [0.1, 0.15) is 62.6 Å². The molecule has 1 aromatic rings. The summed E-state index contributed by atoms with van der Waals surface area (Å²) in [7, 11) is 1.69. The Bertz CT molecular complexity index is 938. The van der Waals surface area contributed by atoms with E-state index in [1.807, 2.05) is 12.1 Å². The largest absolute Gasteiger partial charge is 0.347 e. The van der Waals surface area contributed by atoms with Crippen LogP contribution in [-0.2, 0) is 25.6 Å². The second-order valence-corrected chi connectivity index (χ2v) is 9.53. The zero-order valence-electron chi connectivity index (χ0n) is 20.0. The average Bonchev–Trinajstić information content (AvgIpc) is 3.29. The Balaban J connectivity index is 1.55. The lowest BCUT2D eigenvalue weighted by Crippen LogP contribution is -2.61. The Labute approximate surface area is 200 Å². The summed E-state index contributed by atoms with van der Waals surface area (Å²) < 4.78 is 0. The van der Waals surface area contributed by atoms with E-state index in [1.165, 1.54) is 5.56 Å². The first-order chi connectivity index (χ1) is 16.4. The number of hydrogen-bond donors (Lipinski definition) is 3. The topological polar surface area (TPSA) is 111 Å². The molecule has 2 unspecified atom stereocenters. The predicted molar refractivity (Wildman–Crippen MR) is 126 cm³/mol. The summed E-state index contributed by atoms with van der Waals surface area (Å²) in [5.74, 6) is -0.753. The molecule has 4 rings (SSSR count). The fourth-order valence-corrected chi connectivity index (χ4v) is 5.46. The van der Waals surface area contributed by atoms with Gasteiger partial charge in [-0.3, -0.25) is 19.2 Å². The Morgan fingerprint density at radius 2 is 1.82 bits per heavy atom. The van der Waals surface area contributed by atoms with E-state index in [0.29, 0.717) is 32.2 Å². The van der Waals surface area contributed by atoms with Gasteiger partial charge in [-0.05, 0) is 70.0 Å². The quantitative estimate of drug-likeness (QED) is 0.535. The van der Waals surface area contributed by atoms with Gasteiger partial charge in [0.2, 0.25) is 24.1 Å². The molecule has 0 aromatic heterocycles. The van der Waals surface area contributed by atoms with Gasteiger partial charge in [0.05, 0.1) is 12.1 Å². The molecule has 1 aliphatic carbocycles. The molecule has 5 atom stereocenters. The van der Waals surface area contributed by atoms with E-state index in [4.69, 9.17) is 0 Å². The summed E-state index contributed by atoms with van der Waals surface area (Å²) in [5, 5.41) is 8.93. The summed E-state index contributed by atoms with van der Waals surface area (Å²) in [4.78, 5) is 54.6. The van der Waals surface area contributed by atoms with Crippen molar-refractivity contribution >= 4 is 24.1 Å². The highest BCUT2D eigenvalue weighted by molar-refractivity contribution is 5.94. The van der Waals surface area contributed by atoms with Gasteiger partial charge in [0.1, 0.15) is 18.2 Å². The van der Waals surface area contributed by atoms with Crippen LogP contribution in [0.25, 0.3) is 0 Å². The lowest BCUT2D eigenvalue weighted by atomic mass is 9.87. The third-order valence-electron chi connectivity index (χ3n) is 7.47. The Morgan fingerprint density at radius 3 is 2.59 bits per heavy atom. The fraction of sp³-hybridized carbons (Fsp3) is 0.600. The number of rotatable bonds is 6. The number of fused-ring (bicyclic) bond motifs is 2. The molecule has 2 aliphatic heterocycles.